The monoisotopic (exact) mass is 340 g/mol. The van der Waals surface area contributed by atoms with E-state index in [0.717, 1.165) is 11.5 Å². The van der Waals surface area contributed by atoms with Crippen molar-refractivity contribution in [1.82, 2.24) is 14.9 Å². The van der Waals surface area contributed by atoms with Crippen LogP contribution in [0.15, 0.2) is 24.4 Å². The average Bonchev–Trinajstić information content (AvgIpc) is 3.13. The molecule has 2 heterocycles. The summed E-state index contributed by atoms with van der Waals surface area (Å²) in [7, 11) is 0. The van der Waals surface area contributed by atoms with Gasteiger partial charge in [-0.25, -0.2) is 4.39 Å². The second-order valence-electron chi connectivity index (χ2n) is 4.68. The molecule has 2 aromatic rings. The lowest BCUT2D eigenvalue weighted by atomic mass is 10.2. The lowest BCUT2D eigenvalue weighted by Crippen LogP contribution is -2.41. The molecule has 1 unspecified atom stereocenters. The van der Waals surface area contributed by atoms with Gasteiger partial charge >= 0.3 is 0 Å². The molecule has 22 heavy (non-hydrogen) atoms. The van der Waals surface area contributed by atoms with Crippen LogP contribution >= 0.6 is 23.1 Å². The normalized spacial score (nSPS) is 17.8. The van der Waals surface area contributed by atoms with Gasteiger partial charge in [0.05, 0.1) is 11.2 Å². The van der Waals surface area contributed by atoms with Gasteiger partial charge in [0.1, 0.15) is 16.7 Å². The van der Waals surface area contributed by atoms with Crippen LogP contribution in [-0.2, 0) is 4.79 Å². The van der Waals surface area contributed by atoms with Crippen LogP contribution in [0.25, 0.3) is 0 Å². The highest BCUT2D eigenvalue weighted by Crippen LogP contribution is 2.26. The van der Waals surface area contributed by atoms with Gasteiger partial charge in [-0.3, -0.25) is 9.59 Å². The minimum absolute atomic E-state index is 0.00190. The van der Waals surface area contributed by atoms with Crippen molar-refractivity contribution in [2.45, 2.75) is 12.5 Å². The van der Waals surface area contributed by atoms with Crippen molar-refractivity contribution in [3.63, 3.8) is 0 Å². The number of carbonyl (C=O) groups is 2. The smallest absolute Gasteiger partial charge is 0.265 e. The first-order valence-electron chi connectivity index (χ1n) is 6.41. The van der Waals surface area contributed by atoms with Crippen molar-refractivity contribution in [2.24, 2.45) is 0 Å². The predicted octanol–water partition coefficient (Wildman–Crippen LogP) is 1.87. The van der Waals surface area contributed by atoms with E-state index in [4.69, 9.17) is 11.6 Å². The average molecular weight is 341 g/mol. The molecule has 0 spiro atoms. The van der Waals surface area contributed by atoms with Gasteiger partial charge < -0.3 is 10.2 Å². The highest BCUT2D eigenvalue weighted by molar-refractivity contribution is 7.07. The highest BCUT2D eigenvalue weighted by Gasteiger charge is 2.34. The maximum Gasteiger partial charge on any atom is 0.265 e. The number of amides is 2. The Kier molecular flexibility index (Phi) is 4.04. The molecule has 3 rings (SSSR count). The Morgan fingerprint density at radius 1 is 1.50 bits per heavy atom. The van der Waals surface area contributed by atoms with Crippen LogP contribution < -0.4 is 10.2 Å². The summed E-state index contributed by atoms with van der Waals surface area (Å²) in [4.78, 5) is 26.0. The minimum atomic E-state index is -0.645. The van der Waals surface area contributed by atoms with E-state index in [2.05, 4.69) is 14.9 Å². The van der Waals surface area contributed by atoms with Crippen LogP contribution in [0, 0.1) is 5.82 Å². The molecule has 1 aromatic heterocycles. The fourth-order valence-corrected chi connectivity index (χ4v) is 2.76. The number of anilines is 1. The molecule has 1 aromatic carbocycles. The molecule has 6 nitrogen and oxygen atoms in total. The van der Waals surface area contributed by atoms with Crippen molar-refractivity contribution in [3.05, 3.63) is 40.1 Å². The topological polar surface area (TPSA) is 75.2 Å². The summed E-state index contributed by atoms with van der Waals surface area (Å²) in [5.41, 5.74) is 0.420. The molecule has 0 saturated carbocycles. The van der Waals surface area contributed by atoms with E-state index in [9.17, 15) is 14.0 Å². The number of rotatable bonds is 3. The van der Waals surface area contributed by atoms with Crippen LogP contribution in [0.4, 0.5) is 10.1 Å². The maximum atomic E-state index is 13.5. The van der Waals surface area contributed by atoms with E-state index >= 15 is 0 Å². The van der Waals surface area contributed by atoms with E-state index in [1.165, 1.54) is 23.2 Å². The molecule has 9 heteroatoms. The standard InChI is InChI=1S/C13H10ClFN4O2S/c14-8-2-1-7(5-9(8)15)19-4-3-10(13(19)21)17-12(20)11-6-16-18-22-11/h1-2,5-6,10H,3-4H2,(H,17,20). The molecule has 1 fully saturated rings. The Bertz CT molecular complexity index is 725. The zero-order valence-electron chi connectivity index (χ0n) is 11.1. The molecule has 1 aliphatic heterocycles. The van der Waals surface area contributed by atoms with Crippen LogP contribution in [0.3, 0.4) is 0 Å². The first kappa shape index (κ1) is 14.9. The molecule has 1 atom stereocenters. The first-order chi connectivity index (χ1) is 10.6. The molecule has 0 radical (unpaired) electrons. The Morgan fingerprint density at radius 2 is 2.32 bits per heavy atom. The third-order valence-electron chi connectivity index (χ3n) is 3.31. The van der Waals surface area contributed by atoms with Gasteiger partial charge in [0.15, 0.2) is 0 Å². The summed E-state index contributed by atoms with van der Waals surface area (Å²) in [6.07, 6.45) is 1.78. The third-order valence-corrected chi connectivity index (χ3v) is 4.28. The van der Waals surface area contributed by atoms with E-state index in [-0.39, 0.29) is 10.9 Å². The molecule has 114 valence electrons. The van der Waals surface area contributed by atoms with Crippen LogP contribution in [0.5, 0.6) is 0 Å². The van der Waals surface area contributed by atoms with E-state index < -0.39 is 17.8 Å². The second-order valence-corrected chi connectivity index (χ2v) is 5.88. The third kappa shape index (κ3) is 2.79. The second kappa shape index (κ2) is 5.98. The van der Waals surface area contributed by atoms with Crippen molar-refractivity contribution in [1.29, 1.82) is 0 Å². The van der Waals surface area contributed by atoms with Gasteiger partial charge in [-0.1, -0.05) is 16.1 Å². The van der Waals surface area contributed by atoms with Gasteiger partial charge in [-0.2, -0.15) is 0 Å². The highest BCUT2D eigenvalue weighted by atomic mass is 35.5. The Hall–Kier alpha value is -2.06. The zero-order chi connectivity index (χ0) is 15.7. The van der Waals surface area contributed by atoms with Gasteiger partial charge in [-0.15, -0.1) is 5.10 Å². The van der Waals surface area contributed by atoms with Gasteiger partial charge in [0, 0.05) is 12.2 Å². The fourth-order valence-electron chi connectivity index (χ4n) is 2.22. The molecule has 1 aliphatic rings. The molecule has 1 N–H and O–H groups in total. The number of nitrogens with zero attached hydrogens (tertiary/aromatic N) is 3. The summed E-state index contributed by atoms with van der Waals surface area (Å²) in [5, 5.41) is 6.21. The Labute approximate surface area is 134 Å². The molecule has 1 saturated heterocycles. The summed E-state index contributed by atoms with van der Waals surface area (Å²) in [6.45, 7) is 0.395. The maximum absolute atomic E-state index is 13.5. The summed E-state index contributed by atoms with van der Waals surface area (Å²) >= 11 is 6.59. The van der Waals surface area contributed by atoms with Crippen LogP contribution in [0.2, 0.25) is 5.02 Å². The fraction of sp³-hybridized carbons (Fsp3) is 0.231. The summed E-state index contributed by atoms with van der Waals surface area (Å²) in [5.74, 6) is -1.26. The molecular weight excluding hydrogens is 331 g/mol. The van der Waals surface area contributed by atoms with Crippen LogP contribution in [-0.4, -0.2) is 34.0 Å². The number of benzene rings is 1. The number of hydrogen-bond donors (Lipinski definition) is 1. The summed E-state index contributed by atoms with van der Waals surface area (Å²) < 4.78 is 17.1. The quantitative estimate of drug-likeness (QED) is 0.925. The van der Waals surface area contributed by atoms with Crippen molar-refractivity contribution in [3.8, 4) is 0 Å². The lowest BCUT2D eigenvalue weighted by Gasteiger charge is -2.17. The minimum Gasteiger partial charge on any atom is -0.339 e. The Balaban J connectivity index is 1.72. The van der Waals surface area contributed by atoms with Gasteiger partial charge in [-0.05, 0) is 36.2 Å². The largest absolute Gasteiger partial charge is 0.339 e. The van der Waals surface area contributed by atoms with E-state index in [1.807, 2.05) is 0 Å². The van der Waals surface area contributed by atoms with Crippen molar-refractivity contribution in [2.75, 3.05) is 11.4 Å². The van der Waals surface area contributed by atoms with Crippen molar-refractivity contribution >= 4 is 40.6 Å². The Morgan fingerprint density at radius 3 is 3.00 bits per heavy atom. The van der Waals surface area contributed by atoms with Crippen LogP contribution in [0.1, 0.15) is 16.1 Å². The molecule has 2 amide bonds. The van der Waals surface area contributed by atoms with Crippen molar-refractivity contribution < 1.29 is 14.0 Å². The molecule has 0 bridgehead atoms. The van der Waals surface area contributed by atoms with Gasteiger partial charge in [0.2, 0.25) is 5.91 Å². The summed E-state index contributed by atoms with van der Waals surface area (Å²) in [6, 6.07) is 3.53. The zero-order valence-corrected chi connectivity index (χ0v) is 12.7. The number of hydrogen-bond acceptors (Lipinski definition) is 5. The number of aromatic nitrogens is 2. The SMILES string of the molecule is O=C(NC1CCN(c2ccc(Cl)c(F)c2)C1=O)c1cnns1. The molecule has 0 aliphatic carbocycles. The lowest BCUT2D eigenvalue weighted by molar-refractivity contribution is -0.118. The van der Waals surface area contributed by atoms with Gasteiger partial charge in [0.25, 0.3) is 5.91 Å². The van der Waals surface area contributed by atoms with E-state index in [0.29, 0.717) is 23.5 Å². The number of halogens is 2. The predicted molar refractivity (Wildman–Crippen MR) is 79.5 cm³/mol. The number of nitrogens with one attached hydrogen (secondary N) is 1. The molecular formula is C13H10ClFN4O2S. The van der Waals surface area contributed by atoms with E-state index in [1.54, 1.807) is 6.07 Å². The first-order valence-corrected chi connectivity index (χ1v) is 7.56. The number of carbonyl (C=O) groups excluding carboxylic acids is 2.